The minimum Gasteiger partial charge on any atom is -0.445 e. The molecule has 0 aliphatic carbocycles. The molecule has 4 heteroatoms. The largest absolute Gasteiger partial charge is 0.445 e. The van der Waals surface area contributed by atoms with Gasteiger partial charge in [-0.05, 0) is 26.7 Å². The topological polar surface area (TPSA) is 41.3 Å². The first kappa shape index (κ1) is 13.6. The lowest BCUT2D eigenvalue weighted by molar-refractivity contribution is 0.0678. The first-order chi connectivity index (χ1) is 8.56. The third kappa shape index (κ3) is 2.93. The van der Waals surface area contributed by atoms with Crippen LogP contribution in [0.25, 0.3) is 0 Å². The van der Waals surface area contributed by atoms with E-state index in [9.17, 15) is 0 Å². The molecule has 0 radical (unpaired) electrons. The van der Waals surface area contributed by atoms with Gasteiger partial charge in [0.05, 0.1) is 12.7 Å². The van der Waals surface area contributed by atoms with Gasteiger partial charge in [-0.1, -0.05) is 13.8 Å². The summed E-state index contributed by atoms with van der Waals surface area (Å²) in [6, 6.07) is 0.580. The Bertz CT molecular complexity index is 390. The van der Waals surface area contributed by atoms with E-state index in [1.807, 2.05) is 6.92 Å². The maximum Gasteiger partial charge on any atom is 0.208 e. The molecule has 0 aromatic carbocycles. The number of oxazole rings is 1. The van der Waals surface area contributed by atoms with Gasteiger partial charge in [0.1, 0.15) is 5.76 Å². The molecule has 0 bridgehead atoms. The number of hydrogen-bond acceptors (Lipinski definition) is 4. The van der Waals surface area contributed by atoms with Gasteiger partial charge in [0.2, 0.25) is 5.89 Å². The van der Waals surface area contributed by atoms with Gasteiger partial charge >= 0.3 is 0 Å². The van der Waals surface area contributed by atoms with Crippen molar-refractivity contribution in [3.63, 3.8) is 0 Å². The summed E-state index contributed by atoms with van der Waals surface area (Å²) in [4.78, 5) is 6.83. The molecule has 1 aromatic rings. The molecule has 0 spiro atoms. The van der Waals surface area contributed by atoms with Crippen LogP contribution in [0.3, 0.4) is 0 Å². The van der Waals surface area contributed by atoms with Crippen LogP contribution in [-0.2, 0) is 6.54 Å². The van der Waals surface area contributed by atoms with E-state index < -0.39 is 0 Å². The molecule has 1 saturated heterocycles. The van der Waals surface area contributed by atoms with E-state index in [2.05, 4.69) is 36.0 Å². The Morgan fingerprint density at radius 3 is 2.89 bits per heavy atom. The summed E-state index contributed by atoms with van der Waals surface area (Å²) < 4.78 is 5.61. The van der Waals surface area contributed by atoms with E-state index in [1.165, 1.54) is 0 Å². The Hall–Kier alpha value is -0.870. The molecule has 2 rings (SSSR count). The molecule has 1 aliphatic heterocycles. The summed E-state index contributed by atoms with van der Waals surface area (Å²) in [7, 11) is 0. The van der Waals surface area contributed by atoms with Gasteiger partial charge in [0.15, 0.2) is 0 Å². The average molecular weight is 251 g/mol. The van der Waals surface area contributed by atoms with Gasteiger partial charge in [0, 0.05) is 24.7 Å². The van der Waals surface area contributed by atoms with Gasteiger partial charge in [-0.25, -0.2) is 4.98 Å². The lowest BCUT2D eigenvalue weighted by atomic mass is 9.93. The van der Waals surface area contributed by atoms with E-state index >= 15 is 0 Å². The summed E-state index contributed by atoms with van der Waals surface area (Å²) in [5.74, 6) is 1.73. The van der Waals surface area contributed by atoms with E-state index in [0.29, 0.717) is 6.04 Å². The Morgan fingerprint density at radius 1 is 1.56 bits per heavy atom. The van der Waals surface area contributed by atoms with Crippen LogP contribution in [-0.4, -0.2) is 34.6 Å². The Kier molecular flexibility index (Phi) is 4.07. The molecule has 1 N–H and O–H groups in total. The molecule has 0 saturated carbocycles. The number of aryl methyl sites for hydroxylation is 1. The highest BCUT2D eigenvalue weighted by Crippen LogP contribution is 2.22. The third-order valence-corrected chi connectivity index (χ3v) is 4.09. The first-order valence-corrected chi connectivity index (χ1v) is 6.96. The second-order valence-corrected chi connectivity index (χ2v) is 5.63. The molecular weight excluding hydrogens is 226 g/mol. The van der Waals surface area contributed by atoms with Gasteiger partial charge in [0.25, 0.3) is 0 Å². The van der Waals surface area contributed by atoms with E-state index in [-0.39, 0.29) is 5.54 Å². The molecule has 1 fully saturated rings. The second-order valence-electron chi connectivity index (χ2n) is 5.63. The van der Waals surface area contributed by atoms with Crippen molar-refractivity contribution < 1.29 is 4.42 Å². The van der Waals surface area contributed by atoms with Crippen LogP contribution in [0.4, 0.5) is 0 Å². The number of hydrogen-bond donors (Lipinski definition) is 1. The minimum atomic E-state index is 0.216. The molecule has 2 atom stereocenters. The van der Waals surface area contributed by atoms with Crippen molar-refractivity contribution in [1.82, 2.24) is 15.2 Å². The number of rotatable bonds is 4. The number of nitrogens with one attached hydrogen (secondary N) is 1. The molecule has 18 heavy (non-hydrogen) atoms. The smallest absolute Gasteiger partial charge is 0.208 e. The molecule has 2 unspecified atom stereocenters. The van der Waals surface area contributed by atoms with Gasteiger partial charge in [-0.2, -0.15) is 0 Å². The summed E-state index contributed by atoms with van der Waals surface area (Å²) in [6.07, 6.45) is 4.11. The summed E-state index contributed by atoms with van der Waals surface area (Å²) >= 11 is 0. The van der Waals surface area contributed by atoms with E-state index in [4.69, 9.17) is 4.42 Å². The van der Waals surface area contributed by atoms with Crippen molar-refractivity contribution in [3.05, 3.63) is 17.8 Å². The van der Waals surface area contributed by atoms with Crippen LogP contribution in [0.2, 0.25) is 0 Å². The monoisotopic (exact) mass is 251 g/mol. The summed E-state index contributed by atoms with van der Waals surface area (Å²) in [5.41, 5.74) is 0.216. The van der Waals surface area contributed by atoms with Crippen molar-refractivity contribution in [3.8, 4) is 0 Å². The highest BCUT2D eigenvalue weighted by molar-refractivity contribution is 4.97. The highest BCUT2D eigenvalue weighted by Gasteiger charge is 2.34. The lowest BCUT2D eigenvalue weighted by Crippen LogP contribution is -2.62. The van der Waals surface area contributed by atoms with Gasteiger partial charge < -0.3 is 9.73 Å². The predicted molar refractivity (Wildman–Crippen MR) is 72.4 cm³/mol. The van der Waals surface area contributed by atoms with Gasteiger partial charge in [-0.15, -0.1) is 0 Å². The molecule has 1 aliphatic rings. The van der Waals surface area contributed by atoms with Crippen molar-refractivity contribution in [2.45, 2.75) is 58.7 Å². The fourth-order valence-electron chi connectivity index (χ4n) is 2.60. The van der Waals surface area contributed by atoms with Crippen molar-refractivity contribution in [1.29, 1.82) is 0 Å². The summed E-state index contributed by atoms with van der Waals surface area (Å²) in [6.45, 7) is 11.7. The summed E-state index contributed by atoms with van der Waals surface area (Å²) in [5, 5.41) is 3.67. The maximum atomic E-state index is 5.61. The molecule has 102 valence electrons. The predicted octanol–water partition coefficient (Wildman–Crippen LogP) is 2.34. The number of aromatic nitrogens is 1. The van der Waals surface area contributed by atoms with E-state index in [1.54, 1.807) is 6.20 Å². The number of piperazine rings is 1. The van der Waals surface area contributed by atoms with Crippen LogP contribution in [0, 0.1) is 6.92 Å². The normalized spacial score (nSPS) is 29.7. The standard InChI is InChI=1S/C14H25N3O/c1-5-12-8-16-14(4,6-2)10-17(12)9-13-15-7-11(3)18-13/h7,12,16H,5-6,8-10H2,1-4H3. The fourth-order valence-corrected chi connectivity index (χ4v) is 2.60. The fraction of sp³-hybridized carbons (Fsp3) is 0.786. The zero-order valence-electron chi connectivity index (χ0n) is 12.0. The minimum absolute atomic E-state index is 0.216. The van der Waals surface area contributed by atoms with E-state index in [0.717, 1.165) is 44.1 Å². The Labute approximate surface area is 110 Å². The molecule has 1 aromatic heterocycles. The molecule has 2 heterocycles. The average Bonchev–Trinajstić information content (AvgIpc) is 2.75. The quantitative estimate of drug-likeness (QED) is 0.892. The zero-order chi connectivity index (χ0) is 13.2. The molecule has 0 amide bonds. The Morgan fingerprint density at radius 2 is 2.33 bits per heavy atom. The van der Waals surface area contributed by atoms with Crippen molar-refractivity contribution in [2.24, 2.45) is 0 Å². The van der Waals surface area contributed by atoms with Crippen LogP contribution in [0.15, 0.2) is 10.6 Å². The van der Waals surface area contributed by atoms with Crippen LogP contribution in [0.5, 0.6) is 0 Å². The third-order valence-electron chi connectivity index (χ3n) is 4.09. The Balaban J connectivity index is 2.06. The highest BCUT2D eigenvalue weighted by atomic mass is 16.4. The second kappa shape index (κ2) is 5.41. The van der Waals surface area contributed by atoms with Crippen LogP contribution in [0.1, 0.15) is 45.3 Å². The van der Waals surface area contributed by atoms with Crippen molar-refractivity contribution >= 4 is 0 Å². The maximum absolute atomic E-state index is 5.61. The molecular formula is C14H25N3O. The SMILES string of the molecule is CCC1CNC(C)(CC)CN1Cc1ncc(C)o1. The van der Waals surface area contributed by atoms with Crippen LogP contribution >= 0.6 is 0 Å². The van der Waals surface area contributed by atoms with Gasteiger partial charge in [-0.3, -0.25) is 4.90 Å². The number of nitrogens with zero attached hydrogens (tertiary/aromatic N) is 2. The molecule has 4 nitrogen and oxygen atoms in total. The first-order valence-electron chi connectivity index (χ1n) is 6.96. The zero-order valence-corrected chi connectivity index (χ0v) is 12.0. The van der Waals surface area contributed by atoms with Crippen molar-refractivity contribution in [2.75, 3.05) is 13.1 Å². The van der Waals surface area contributed by atoms with Crippen LogP contribution < -0.4 is 5.32 Å². The lowest BCUT2D eigenvalue weighted by Gasteiger charge is -2.45.